The molecule has 0 unspecified atom stereocenters. The zero-order valence-electron chi connectivity index (χ0n) is 23.5. The number of hydrogen-bond donors (Lipinski definition) is 0. The number of hydrogen-bond acceptors (Lipinski definition) is 3. The Morgan fingerprint density at radius 1 is 0.477 bits per heavy atom. The molecule has 0 atom stereocenters. The van der Waals surface area contributed by atoms with E-state index in [0.717, 1.165) is 39.1 Å². The number of thiophene rings is 1. The van der Waals surface area contributed by atoms with E-state index in [2.05, 4.69) is 132 Å². The molecule has 0 aliphatic heterocycles. The molecule has 0 amide bonds. The summed E-state index contributed by atoms with van der Waals surface area (Å²) in [6.07, 6.45) is 0. The number of aromatic nitrogens is 3. The zero-order valence-corrected chi connectivity index (χ0v) is 24.3. The lowest BCUT2D eigenvalue weighted by atomic mass is 10.0. The quantitative estimate of drug-likeness (QED) is 0.205. The molecule has 0 aliphatic rings. The highest BCUT2D eigenvalue weighted by Gasteiger charge is 2.23. The van der Waals surface area contributed by atoms with Gasteiger partial charge in [-0.1, -0.05) is 109 Å². The van der Waals surface area contributed by atoms with Crippen LogP contribution in [0.15, 0.2) is 140 Å². The second kappa shape index (κ2) is 8.96. The van der Waals surface area contributed by atoms with Crippen molar-refractivity contribution >= 4 is 85.9 Å². The van der Waals surface area contributed by atoms with Crippen molar-refractivity contribution in [3.8, 4) is 17.1 Å². The monoisotopic (exact) mass is 577 g/mol. The molecule has 10 aromatic rings. The first kappa shape index (κ1) is 23.9. The number of rotatable bonds is 2. The molecule has 3 heterocycles. The van der Waals surface area contributed by atoms with Gasteiger partial charge in [0.25, 0.3) is 0 Å². The van der Waals surface area contributed by atoms with Crippen LogP contribution >= 0.6 is 11.3 Å². The molecule has 4 heteroatoms. The van der Waals surface area contributed by atoms with Gasteiger partial charge in [-0.25, -0.2) is 9.97 Å². The second-order valence-electron chi connectivity index (χ2n) is 11.4. The van der Waals surface area contributed by atoms with Crippen LogP contribution in [0.3, 0.4) is 0 Å². The van der Waals surface area contributed by atoms with Gasteiger partial charge in [0.15, 0.2) is 5.82 Å². The third kappa shape index (κ3) is 3.31. The summed E-state index contributed by atoms with van der Waals surface area (Å²) >= 11 is 1.83. The first-order valence-electron chi connectivity index (χ1n) is 14.8. The lowest BCUT2D eigenvalue weighted by molar-refractivity contribution is 1.08. The maximum absolute atomic E-state index is 5.45. The van der Waals surface area contributed by atoms with Crippen LogP contribution in [0.25, 0.3) is 91.6 Å². The largest absolute Gasteiger partial charge is 0.291 e. The van der Waals surface area contributed by atoms with Crippen molar-refractivity contribution in [2.24, 2.45) is 0 Å². The molecule has 0 saturated carbocycles. The lowest BCUT2D eigenvalue weighted by Crippen LogP contribution is -2.04. The average Bonchev–Trinajstić information content (AvgIpc) is 3.62. The minimum absolute atomic E-state index is 0.847. The van der Waals surface area contributed by atoms with Crippen LogP contribution < -0.4 is 0 Å². The minimum atomic E-state index is 0.847. The van der Waals surface area contributed by atoms with Crippen molar-refractivity contribution < 1.29 is 0 Å². The summed E-state index contributed by atoms with van der Waals surface area (Å²) in [6, 6.07) is 49.9. The van der Waals surface area contributed by atoms with Crippen LogP contribution in [0.1, 0.15) is 0 Å². The van der Waals surface area contributed by atoms with Crippen LogP contribution in [-0.2, 0) is 0 Å². The highest BCUT2D eigenvalue weighted by molar-refractivity contribution is 7.26. The average molecular weight is 578 g/mol. The van der Waals surface area contributed by atoms with Gasteiger partial charge in [-0.2, -0.15) is 0 Å². The Labute approximate surface area is 256 Å². The van der Waals surface area contributed by atoms with E-state index in [4.69, 9.17) is 9.97 Å². The summed E-state index contributed by atoms with van der Waals surface area (Å²) < 4.78 is 4.88. The van der Waals surface area contributed by atoms with Gasteiger partial charge in [0.2, 0.25) is 0 Å². The first-order chi connectivity index (χ1) is 21.8. The van der Waals surface area contributed by atoms with Crippen LogP contribution in [0.5, 0.6) is 0 Å². The van der Waals surface area contributed by atoms with Gasteiger partial charge in [-0.15, -0.1) is 11.3 Å². The fourth-order valence-corrected chi connectivity index (χ4v) is 8.16. The van der Waals surface area contributed by atoms with E-state index in [1.54, 1.807) is 0 Å². The molecule has 0 radical (unpaired) electrons. The Morgan fingerprint density at radius 3 is 2.02 bits per heavy atom. The summed E-state index contributed by atoms with van der Waals surface area (Å²) in [6.45, 7) is 0. The number of nitrogens with zero attached hydrogens (tertiary/aromatic N) is 3. The van der Waals surface area contributed by atoms with Gasteiger partial charge in [0, 0.05) is 41.9 Å². The molecule has 10 rings (SSSR count). The molecule has 204 valence electrons. The van der Waals surface area contributed by atoms with E-state index in [1.165, 1.54) is 52.5 Å². The maximum Gasteiger partial charge on any atom is 0.165 e. The topological polar surface area (TPSA) is 30.7 Å². The molecule has 0 N–H and O–H groups in total. The van der Waals surface area contributed by atoms with Gasteiger partial charge in [0.1, 0.15) is 5.69 Å². The summed E-state index contributed by atoms with van der Waals surface area (Å²) in [7, 11) is 0. The predicted molar refractivity (Wildman–Crippen MR) is 187 cm³/mol. The van der Waals surface area contributed by atoms with E-state index in [0.29, 0.717) is 0 Å². The SMILES string of the molecule is c1ccc2cc3c(cc2c1)c1ccc2ccccc2c1n3-c1nc2ccccc2nc1-c1cccc2c1sc1ccccc12. The molecule has 0 aliphatic carbocycles. The fraction of sp³-hybridized carbons (Fsp3) is 0. The highest BCUT2D eigenvalue weighted by atomic mass is 32.1. The first-order valence-corrected chi connectivity index (χ1v) is 15.7. The third-order valence-corrected chi connectivity index (χ3v) is 10.2. The number of fused-ring (bicyclic) bond motifs is 10. The minimum Gasteiger partial charge on any atom is -0.291 e. The summed E-state index contributed by atoms with van der Waals surface area (Å²) in [5.74, 6) is 0.847. The Kier molecular flexibility index (Phi) is 4.87. The van der Waals surface area contributed by atoms with Gasteiger partial charge in [-0.3, -0.25) is 4.57 Å². The van der Waals surface area contributed by atoms with E-state index >= 15 is 0 Å². The van der Waals surface area contributed by atoms with Crippen molar-refractivity contribution in [1.29, 1.82) is 0 Å². The van der Waals surface area contributed by atoms with Crippen molar-refractivity contribution in [3.63, 3.8) is 0 Å². The molecule has 44 heavy (non-hydrogen) atoms. The molecule has 7 aromatic carbocycles. The Morgan fingerprint density at radius 2 is 1.16 bits per heavy atom. The van der Waals surface area contributed by atoms with Gasteiger partial charge < -0.3 is 0 Å². The van der Waals surface area contributed by atoms with E-state index in [-0.39, 0.29) is 0 Å². The summed E-state index contributed by atoms with van der Waals surface area (Å²) in [5.41, 5.74) is 6.05. The van der Waals surface area contributed by atoms with E-state index < -0.39 is 0 Å². The molecule has 0 fully saturated rings. The van der Waals surface area contributed by atoms with Crippen LogP contribution in [0, 0.1) is 0 Å². The summed E-state index contributed by atoms with van der Waals surface area (Å²) in [5, 5.41) is 9.79. The van der Waals surface area contributed by atoms with Crippen molar-refractivity contribution in [1.82, 2.24) is 14.5 Å². The van der Waals surface area contributed by atoms with Crippen LogP contribution in [0.4, 0.5) is 0 Å². The zero-order chi connectivity index (χ0) is 28.8. The van der Waals surface area contributed by atoms with Gasteiger partial charge in [0.05, 0.1) is 22.1 Å². The van der Waals surface area contributed by atoms with Crippen molar-refractivity contribution in [2.45, 2.75) is 0 Å². The summed E-state index contributed by atoms with van der Waals surface area (Å²) in [4.78, 5) is 10.8. The third-order valence-electron chi connectivity index (χ3n) is 8.94. The molecule has 0 bridgehead atoms. The molecule has 0 spiro atoms. The Balaban J connectivity index is 1.43. The normalized spacial score (nSPS) is 12.1. The van der Waals surface area contributed by atoms with Crippen molar-refractivity contribution in [2.75, 3.05) is 0 Å². The van der Waals surface area contributed by atoms with Gasteiger partial charge in [-0.05, 0) is 46.5 Å². The smallest absolute Gasteiger partial charge is 0.165 e. The molecule has 3 nitrogen and oxygen atoms in total. The van der Waals surface area contributed by atoms with E-state index in [9.17, 15) is 0 Å². The second-order valence-corrected chi connectivity index (χ2v) is 12.5. The highest BCUT2D eigenvalue weighted by Crippen LogP contribution is 2.44. The number of para-hydroxylation sites is 2. The Hall–Kier alpha value is -5.58. The fourth-order valence-electron chi connectivity index (χ4n) is 6.94. The van der Waals surface area contributed by atoms with Gasteiger partial charge >= 0.3 is 0 Å². The molecule has 0 saturated heterocycles. The number of benzene rings is 7. The van der Waals surface area contributed by atoms with Crippen LogP contribution in [-0.4, -0.2) is 14.5 Å². The standard InChI is InChI=1S/C40H23N3S/c1-2-12-26-23-35-32(22-25(26)11-1)29-21-20-24-10-3-4-13-27(24)38(29)43(35)40-37(41-33-17-6-7-18-34(33)42-40)31-16-9-15-30-28-14-5-8-19-36(28)44-39(30)31/h1-23H. The molecular formula is C40H23N3S. The Bertz CT molecular complexity index is 2790. The maximum atomic E-state index is 5.45. The van der Waals surface area contributed by atoms with Crippen molar-refractivity contribution in [3.05, 3.63) is 140 Å². The lowest BCUT2D eigenvalue weighted by Gasteiger charge is -2.15. The molecular weight excluding hydrogens is 555 g/mol. The predicted octanol–water partition coefficient (Wildman–Crippen LogP) is 11.1. The van der Waals surface area contributed by atoms with Crippen LogP contribution in [0.2, 0.25) is 0 Å². The van der Waals surface area contributed by atoms with E-state index in [1.807, 2.05) is 23.5 Å². The molecule has 3 aromatic heterocycles.